The van der Waals surface area contributed by atoms with Crippen LogP contribution >= 0.6 is 4.64 Å². The van der Waals surface area contributed by atoms with Crippen molar-refractivity contribution in [2.75, 3.05) is 12.3 Å². The van der Waals surface area contributed by atoms with Gasteiger partial charge < -0.3 is 0 Å². The van der Waals surface area contributed by atoms with E-state index in [1.54, 1.807) is 0 Å². The Kier molecular flexibility index (Phi) is 8.44. The van der Waals surface area contributed by atoms with E-state index in [1.807, 2.05) is 0 Å². The summed E-state index contributed by atoms with van der Waals surface area (Å²) in [5.41, 5.74) is 6.12. The molecule has 0 bridgehead atoms. The maximum absolute atomic E-state index is 6.28. The summed E-state index contributed by atoms with van der Waals surface area (Å²) in [5, 5.41) is 0. The molecule has 153 valence electrons. The summed E-state index contributed by atoms with van der Waals surface area (Å²) in [6.07, 6.45) is 4.71. The first-order valence-corrected chi connectivity index (χ1v) is 17.7. The van der Waals surface area contributed by atoms with Gasteiger partial charge in [-0.25, -0.2) is 0 Å². The van der Waals surface area contributed by atoms with Gasteiger partial charge in [-0.15, -0.1) is 0 Å². The van der Waals surface area contributed by atoms with Crippen molar-refractivity contribution < 1.29 is 0 Å². The molecule has 0 amide bonds. The van der Waals surface area contributed by atoms with Crippen molar-refractivity contribution in [1.82, 2.24) is 0 Å². The van der Waals surface area contributed by atoms with Crippen LogP contribution < -0.4 is 4.75 Å². The molecule has 0 aliphatic carbocycles. The summed E-state index contributed by atoms with van der Waals surface area (Å²) in [6.45, 7) is 13.6. The average Bonchev–Trinajstić information content (AvgIpc) is 2.64. The van der Waals surface area contributed by atoms with E-state index in [1.165, 1.54) is 34.6 Å². The fraction of sp³-hybridized carbons (Fsp3) is 0.500. The molecule has 2 rings (SSSR count). The van der Waals surface area contributed by atoms with E-state index >= 15 is 0 Å². The van der Waals surface area contributed by atoms with E-state index in [9.17, 15) is 0 Å². The first-order valence-electron chi connectivity index (χ1n) is 10.1. The molecule has 2 aromatic carbocycles. The van der Waals surface area contributed by atoms with Gasteiger partial charge >= 0.3 is 188 Å². The van der Waals surface area contributed by atoms with Gasteiger partial charge in [-0.1, -0.05) is 0 Å². The Morgan fingerprint density at radius 2 is 1.04 bits per heavy atom. The zero-order valence-corrected chi connectivity index (χ0v) is 22.6. The van der Waals surface area contributed by atoms with Gasteiger partial charge in [-0.2, -0.15) is 0 Å². The van der Waals surface area contributed by atoms with Crippen molar-refractivity contribution in [2.24, 2.45) is 4.75 Å². The van der Waals surface area contributed by atoms with Crippen LogP contribution in [0.2, 0.25) is 0 Å². The molecule has 1 radical (unpaired) electrons. The van der Waals surface area contributed by atoms with E-state index in [2.05, 4.69) is 106 Å². The van der Waals surface area contributed by atoms with Crippen LogP contribution in [0.5, 0.6) is 0 Å². The summed E-state index contributed by atoms with van der Waals surface area (Å²) in [7, 11) is 0. The summed E-state index contributed by atoms with van der Waals surface area (Å²) in [4.78, 5) is 0. The molecule has 0 aliphatic rings. The van der Waals surface area contributed by atoms with Crippen molar-refractivity contribution in [3.8, 4) is 0 Å². The van der Waals surface area contributed by atoms with E-state index < -0.39 is 4.64 Å². The molecule has 0 spiro atoms. The zero-order chi connectivity index (χ0) is 21.0. The molecule has 2 N–H and O–H groups in total. The molecule has 0 saturated carbocycles. The van der Waals surface area contributed by atoms with E-state index in [0.29, 0.717) is 0 Å². The first-order chi connectivity index (χ1) is 12.9. The van der Waals surface area contributed by atoms with Crippen molar-refractivity contribution in [2.45, 2.75) is 65.2 Å². The summed E-state index contributed by atoms with van der Waals surface area (Å²) >= 11 is 3.78. The summed E-state index contributed by atoms with van der Waals surface area (Å²) < 4.78 is 5.12. The van der Waals surface area contributed by atoms with Crippen LogP contribution in [-0.2, 0) is 23.7 Å². The van der Waals surface area contributed by atoms with Gasteiger partial charge in [0.25, 0.3) is 0 Å². The minimum absolute atomic E-state index is 0.212. The normalized spacial score (nSPS) is 13.0. The van der Waals surface area contributed by atoms with Crippen LogP contribution in [-0.4, -0.2) is 42.6 Å². The molecule has 4 heteroatoms. The van der Waals surface area contributed by atoms with Crippen LogP contribution in [0.3, 0.4) is 0 Å². The van der Waals surface area contributed by atoms with Gasteiger partial charge in [0.15, 0.2) is 0 Å². The van der Waals surface area contributed by atoms with Crippen LogP contribution in [0.1, 0.15) is 63.8 Å². The molecular weight excluding hydrogens is 491 g/mol. The molecule has 0 fully saturated rings. The van der Waals surface area contributed by atoms with Crippen molar-refractivity contribution >= 4 is 34.9 Å². The molecule has 0 heterocycles. The fourth-order valence-electron chi connectivity index (χ4n) is 3.16. The van der Waals surface area contributed by atoms with Gasteiger partial charge in [-0.3, -0.25) is 0 Å². The number of aryl methyl sites for hydroxylation is 2. The summed E-state index contributed by atoms with van der Waals surface area (Å²) in [6, 6.07) is 18.4. The fourth-order valence-corrected chi connectivity index (χ4v) is 8.42. The monoisotopic (exact) mass is 529 g/mol. The van der Waals surface area contributed by atoms with Crippen molar-refractivity contribution in [3.63, 3.8) is 0 Å². The molecule has 0 saturated heterocycles. The quantitative estimate of drug-likeness (QED) is 0.365. The van der Waals surface area contributed by atoms with Crippen LogP contribution in [0.4, 0.5) is 0 Å². The number of nitrogens with two attached hydrogens (primary N) is 1. The van der Waals surface area contributed by atoms with Crippen LogP contribution in [0.25, 0.3) is 0 Å². The molecule has 0 unspecified atom stereocenters. The topological polar surface area (TPSA) is 26.0 Å². The second-order valence-corrected chi connectivity index (χ2v) is 26.1. The number of rotatable bonds is 7. The predicted octanol–water partition coefficient (Wildman–Crippen LogP) is 5.66. The predicted molar refractivity (Wildman–Crippen MR) is 130 cm³/mol. The standard InChI is InChI=1S/C24H36NPSe2/c1-23(2,3)21-11-7-19(8-12-21)15-17-26(27,28-25)18-16-20-9-13-22(14-10-20)24(4,5)6/h7-14H,15-18,25H2,1-6H3/q+1. The third-order valence-electron chi connectivity index (χ3n) is 5.31. The third-order valence-corrected chi connectivity index (χ3v) is 17.3. The molecule has 2 aromatic rings. The van der Waals surface area contributed by atoms with Crippen molar-refractivity contribution in [1.29, 1.82) is 0 Å². The molecule has 28 heavy (non-hydrogen) atoms. The first kappa shape index (κ1) is 24.1. The van der Waals surface area contributed by atoms with E-state index in [-0.39, 0.29) is 25.6 Å². The van der Waals surface area contributed by atoms with Gasteiger partial charge in [0.05, 0.1) is 0 Å². The van der Waals surface area contributed by atoms with Gasteiger partial charge in [0, 0.05) is 0 Å². The average molecular weight is 527 g/mol. The van der Waals surface area contributed by atoms with Gasteiger partial charge in [0.2, 0.25) is 0 Å². The molecule has 1 nitrogen and oxygen atoms in total. The van der Waals surface area contributed by atoms with Crippen LogP contribution in [0.15, 0.2) is 48.5 Å². The zero-order valence-electron chi connectivity index (χ0n) is 18.3. The Balaban J connectivity index is 1.93. The molecule has 0 aromatic heterocycles. The van der Waals surface area contributed by atoms with E-state index in [4.69, 9.17) is 4.75 Å². The Morgan fingerprint density at radius 3 is 1.29 bits per heavy atom. The van der Waals surface area contributed by atoms with Crippen LogP contribution in [0, 0.1) is 0 Å². The number of hydrogen-bond donors (Lipinski definition) is 1. The number of benzene rings is 2. The summed E-state index contributed by atoms with van der Waals surface area (Å²) in [5.74, 6) is 0. The Labute approximate surface area is 187 Å². The number of hydrogen-bond acceptors (Lipinski definition) is 1. The molecule has 0 aliphatic heterocycles. The SMILES string of the molecule is CC(C)(C)c1ccc(CC[P+]([Se])(CCc2ccc(C(C)(C)C)cc2)[Se]N)cc1. The second kappa shape index (κ2) is 9.78. The van der Waals surface area contributed by atoms with E-state index in [0.717, 1.165) is 12.8 Å². The Morgan fingerprint density at radius 1 is 0.714 bits per heavy atom. The molecule has 0 atom stereocenters. The second-order valence-electron chi connectivity index (χ2n) is 9.76. The minimum atomic E-state index is -1.15. The molecular formula is C24H36NPSe2+. The third kappa shape index (κ3) is 7.28. The Hall–Kier alpha value is -0.131. The maximum atomic E-state index is 6.28. The van der Waals surface area contributed by atoms with Gasteiger partial charge in [0.1, 0.15) is 0 Å². The van der Waals surface area contributed by atoms with Gasteiger partial charge in [-0.05, 0) is 0 Å². The van der Waals surface area contributed by atoms with Crippen molar-refractivity contribution in [3.05, 3.63) is 70.8 Å². The Bertz CT molecular complexity index is 679.